The van der Waals surface area contributed by atoms with Gasteiger partial charge in [-0.25, -0.2) is 0 Å². The van der Waals surface area contributed by atoms with Crippen LogP contribution in [0.15, 0.2) is 24.3 Å². The predicted molar refractivity (Wildman–Crippen MR) is 84.3 cm³/mol. The van der Waals surface area contributed by atoms with Crippen LogP contribution < -0.4 is 5.32 Å². The summed E-state index contributed by atoms with van der Waals surface area (Å²) in [5, 5.41) is 3.17. The van der Waals surface area contributed by atoms with E-state index in [9.17, 15) is 13.2 Å². The fourth-order valence-electron chi connectivity index (χ4n) is 2.38. The second kappa shape index (κ2) is 7.82. The summed E-state index contributed by atoms with van der Waals surface area (Å²) >= 11 is 2.13. The first-order valence-corrected chi connectivity index (χ1v) is 7.30. The molecule has 1 aromatic rings. The molecule has 0 radical (unpaired) electrons. The maximum absolute atomic E-state index is 12.8. The van der Waals surface area contributed by atoms with Gasteiger partial charge in [-0.1, -0.05) is 12.1 Å². The molecule has 0 bridgehead atoms. The molecule has 0 aliphatic carbocycles. The second-order valence-corrected chi connectivity index (χ2v) is 5.92. The van der Waals surface area contributed by atoms with Crippen molar-refractivity contribution < 1.29 is 13.2 Å². The summed E-state index contributed by atoms with van der Waals surface area (Å²) in [7, 11) is 0. The second-order valence-electron chi connectivity index (χ2n) is 4.68. The zero-order valence-corrected chi connectivity index (χ0v) is 13.8. The van der Waals surface area contributed by atoms with Crippen LogP contribution in [0.5, 0.6) is 0 Å². The molecular weight excluding hydrogens is 404 g/mol. The van der Waals surface area contributed by atoms with Gasteiger partial charge in [0.25, 0.3) is 0 Å². The third kappa shape index (κ3) is 5.38. The highest BCUT2D eigenvalue weighted by molar-refractivity contribution is 14.1. The molecule has 1 atom stereocenters. The third-order valence-electron chi connectivity index (χ3n) is 3.25. The van der Waals surface area contributed by atoms with Gasteiger partial charge in [-0.05, 0) is 40.3 Å². The highest BCUT2D eigenvalue weighted by Crippen LogP contribution is 2.34. The van der Waals surface area contributed by atoms with Crippen molar-refractivity contribution in [2.24, 2.45) is 0 Å². The van der Waals surface area contributed by atoms with E-state index in [2.05, 4.69) is 27.9 Å². The van der Waals surface area contributed by atoms with Gasteiger partial charge in [0.2, 0.25) is 0 Å². The number of halogens is 5. The third-order valence-corrected chi connectivity index (χ3v) is 3.92. The van der Waals surface area contributed by atoms with E-state index in [0.29, 0.717) is 13.1 Å². The number of benzene rings is 1. The largest absolute Gasteiger partial charge is 0.390 e. The van der Waals surface area contributed by atoms with Crippen LogP contribution in [0.3, 0.4) is 0 Å². The van der Waals surface area contributed by atoms with Gasteiger partial charge in [0.15, 0.2) is 0 Å². The molecule has 0 unspecified atom stereocenters. The summed E-state index contributed by atoms with van der Waals surface area (Å²) in [6.07, 6.45) is -4.93. The Labute approximate surface area is 136 Å². The average molecular weight is 421 g/mol. The van der Waals surface area contributed by atoms with Crippen molar-refractivity contribution in [2.45, 2.75) is 18.6 Å². The van der Waals surface area contributed by atoms with E-state index in [4.69, 9.17) is 0 Å². The van der Waals surface area contributed by atoms with Gasteiger partial charge < -0.3 is 5.32 Å². The van der Waals surface area contributed by atoms with Crippen LogP contribution in [0.2, 0.25) is 0 Å². The van der Waals surface area contributed by atoms with Crippen LogP contribution in [0.1, 0.15) is 18.0 Å². The lowest BCUT2D eigenvalue weighted by Gasteiger charge is -2.35. The van der Waals surface area contributed by atoms with Gasteiger partial charge in [0, 0.05) is 35.8 Å². The van der Waals surface area contributed by atoms with E-state index in [1.165, 1.54) is 0 Å². The summed E-state index contributed by atoms with van der Waals surface area (Å²) in [6, 6.07) is 6.78. The maximum Gasteiger partial charge on any atom is 0.390 e. The van der Waals surface area contributed by atoms with E-state index < -0.39 is 18.6 Å². The molecule has 114 valence electrons. The molecule has 0 spiro atoms. The molecule has 7 heteroatoms. The van der Waals surface area contributed by atoms with Crippen LogP contribution >= 0.6 is 35.0 Å². The lowest BCUT2D eigenvalue weighted by molar-refractivity contribution is -0.148. The van der Waals surface area contributed by atoms with Crippen molar-refractivity contribution >= 4 is 35.0 Å². The number of alkyl halides is 3. The van der Waals surface area contributed by atoms with E-state index in [0.717, 1.165) is 22.2 Å². The lowest BCUT2D eigenvalue weighted by Crippen LogP contribution is -2.46. The highest BCUT2D eigenvalue weighted by atomic mass is 127. The fourth-order valence-corrected chi connectivity index (χ4v) is 2.95. The van der Waals surface area contributed by atoms with Gasteiger partial charge in [-0.15, -0.1) is 12.4 Å². The standard InChI is InChI=1S/C13H16F3IN2.ClH/c14-13(15,16)9-12(19-6-4-18-5-7-19)10-2-1-3-11(17)8-10;/h1-3,8,12,18H,4-7,9H2;1H/t12-;/m1./s1. The van der Waals surface area contributed by atoms with Crippen LogP contribution in [-0.2, 0) is 0 Å². The van der Waals surface area contributed by atoms with Crippen molar-refractivity contribution in [3.05, 3.63) is 33.4 Å². The molecular formula is C13H17ClF3IN2. The molecule has 1 aromatic carbocycles. The van der Waals surface area contributed by atoms with Crippen molar-refractivity contribution in [1.29, 1.82) is 0 Å². The molecule has 0 saturated carbocycles. The number of nitrogens with one attached hydrogen (secondary N) is 1. The first kappa shape index (κ1) is 18.0. The molecule has 2 rings (SSSR count). The van der Waals surface area contributed by atoms with Crippen molar-refractivity contribution in [1.82, 2.24) is 10.2 Å². The molecule has 2 nitrogen and oxygen atoms in total. The van der Waals surface area contributed by atoms with Crippen LogP contribution in [0.4, 0.5) is 13.2 Å². The fraction of sp³-hybridized carbons (Fsp3) is 0.538. The molecule has 20 heavy (non-hydrogen) atoms. The molecule has 0 amide bonds. The van der Waals surface area contributed by atoms with Gasteiger partial charge in [0.1, 0.15) is 0 Å². The quantitative estimate of drug-likeness (QED) is 0.752. The minimum absolute atomic E-state index is 0. The summed E-state index contributed by atoms with van der Waals surface area (Å²) < 4.78 is 39.4. The van der Waals surface area contributed by atoms with Gasteiger partial charge in [0.05, 0.1) is 6.42 Å². The Morgan fingerprint density at radius 2 is 1.90 bits per heavy atom. The Balaban J connectivity index is 0.00000200. The molecule has 1 fully saturated rings. The monoisotopic (exact) mass is 420 g/mol. The Hall–Kier alpha value is -0.0500. The van der Waals surface area contributed by atoms with Crippen molar-refractivity contribution in [3.8, 4) is 0 Å². The maximum atomic E-state index is 12.8. The average Bonchev–Trinajstić information content (AvgIpc) is 2.36. The van der Waals surface area contributed by atoms with Gasteiger partial charge >= 0.3 is 6.18 Å². The van der Waals surface area contributed by atoms with E-state index in [1.807, 2.05) is 23.1 Å². The van der Waals surface area contributed by atoms with Gasteiger partial charge in [-0.3, -0.25) is 4.90 Å². The SMILES string of the molecule is Cl.FC(F)(F)C[C@H](c1cccc(I)c1)N1CCNCC1. The Kier molecular flexibility index (Phi) is 7.03. The van der Waals surface area contributed by atoms with Crippen molar-refractivity contribution in [3.63, 3.8) is 0 Å². The van der Waals surface area contributed by atoms with Crippen LogP contribution in [0.25, 0.3) is 0 Å². The Morgan fingerprint density at radius 1 is 1.25 bits per heavy atom. The molecule has 1 N–H and O–H groups in total. The minimum atomic E-state index is -4.14. The number of hydrogen-bond acceptors (Lipinski definition) is 2. The highest BCUT2D eigenvalue weighted by Gasteiger charge is 2.35. The summed E-state index contributed by atoms with van der Waals surface area (Å²) in [6.45, 7) is 2.81. The zero-order chi connectivity index (χ0) is 13.9. The zero-order valence-electron chi connectivity index (χ0n) is 10.8. The molecule has 1 saturated heterocycles. The van der Waals surface area contributed by atoms with Crippen LogP contribution in [0, 0.1) is 3.57 Å². The number of rotatable bonds is 3. The Morgan fingerprint density at radius 3 is 2.45 bits per heavy atom. The normalized spacial score (nSPS) is 18.4. The van der Waals surface area contributed by atoms with Crippen LogP contribution in [-0.4, -0.2) is 37.3 Å². The summed E-state index contributed by atoms with van der Waals surface area (Å²) in [4.78, 5) is 1.93. The van der Waals surface area contributed by atoms with Gasteiger partial charge in [-0.2, -0.15) is 13.2 Å². The topological polar surface area (TPSA) is 15.3 Å². The molecule has 1 aliphatic rings. The first-order valence-electron chi connectivity index (χ1n) is 6.23. The Bertz CT molecular complexity index is 422. The predicted octanol–water partition coefficient (Wildman–Crippen LogP) is 3.61. The minimum Gasteiger partial charge on any atom is -0.314 e. The smallest absolute Gasteiger partial charge is 0.314 e. The molecule has 1 heterocycles. The first-order chi connectivity index (χ1) is 8.96. The lowest BCUT2D eigenvalue weighted by atomic mass is 10.0. The summed E-state index contributed by atoms with van der Waals surface area (Å²) in [5.41, 5.74) is 0.756. The van der Waals surface area contributed by atoms with E-state index >= 15 is 0 Å². The van der Waals surface area contributed by atoms with E-state index in [1.54, 1.807) is 6.07 Å². The molecule has 1 aliphatic heterocycles. The van der Waals surface area contributed by atoms with E-state index in [-0.39, 0.29) is 12.4 Å². The van der Waals surface area contributed by atoms with Crippen molar-refractivity contribution in [2.75, 3.05) is 26.2 Å². The molecule has 0 aromatic heterocycles. The summed E-state index contributed by atoms with van der Waals surface area (Å²) in [5.74, 6) is 0. The number of hydrogen-bond donors (Lipinski definition) is 1. The number of piperazine rings is 1. The number of nitrogens with zero attached hydrogens (tertiary/aromatic N) is 1.